The fourth-order valence-corrected chi connectivity index (χ4v) is 4.54. The Balaban J connectivity index is 1.70. The summed E-state index contributed by atoms with van der Waals surface area (Å²) in [7, 11) is 0. The molecule has 0 heterocycles. The van der Waals surface area contributed by atoms with Gasteiger partial charge in [-0.25, -0.2) is 4.79 Å². The molecular weight excluding hydrogens is 493 g/mol. The smallest absolute Gasteiger partial charge is 0.340 e. The molecule has 6 heteroatoms. The number of carbonyl (C=O) groups excluding carboxylic acids is 2. The maximum Gasteiger partial charge on any atom is 0.340 e. The molecule has 1 N–H and O–H groups in total. The molecule has 0 aromatic heterocycles. The first-order chi connectivity index (χ1) is 17.2. The molecule has 0 spiro atoms. The zero-order chi connectivity index (χ0) is 26.0. The summed E-state index contributed by atoms with van der Waals surface area (Å²) >= 11 is 12.2. The molecule has 1 amide bonds. The Bertz CT molecular complexity index is 1400. The van der Waals surface area contributed by atoms with E-state index in [-0.39, 0.29) is 10.6 Å². The number of aryl methyl sites for hydroxylation is 2. The Morgan fingerprint density at radius 2 is 1.50 bits per heavy atom. The van der Waals surface area contributed by atoms with Gasteiger partial charge in [0.1, 0.15) is 0 Å². The predicted molar refractivity (Wildman–Crippen MR) is 146 cm³/mol. The Morgan fingerprint density at radius 1 is 0.833 bits per heavy atom. The van der Waals surface area contributed by atoms with Crippen LogP contribution in [0.25, 0.3) is 11.1 Å². The van der Waals surface area contributed by atoms with Crippen molar-refractivity contribution in [2.45, 2.75) is 39.7 Å². The highest BCUT2D eigenvalue weighted by molar-refractivity contribution is 6.33. The molecule has 184 valence electrons. The summed E-state index contributed by atoms with van der Waals surface area (Å²) in [5.41, 5.74) is 6.69. The highest BCUT2D eigenvalue weighted by Gasteiger charge is 2.28. The van der Waals surface area contributed by atoms with Crippen molar-refractivity contribution in [3.8, 4) is 11.1 Å². The van der Waals surface area contributed by atoms with Crippen molar-refractivity contribution >= 4 is 40.8 Å². The van der Waals surface area contributed by atoms with Crippen LogP contribution in [0.1, 0.15) is 58.5 Å². The van der Waals surface area contributed by atoms with E-state index in [1.165, 1.54) is 5.56 Å². The summed E-state index contributed by atoms with van der Waals surface area (Å²) in [5, 5.41) is 3.77. The third kappa shape index (κ3) is 5.40. The average Bonchev–Trinajstić information content (AvgIpc) is 3.02. The molecule has 2 aromatic rings. The quantitative estimate of drug-likeness (QED) is 0.260. The van der Waals surface area contributed by atoms with Gasteiger partial charge in [-0.1, -0.05) is 79.5 Å². The van der Waals surface area contributed by atoms with Crippen molar-refractivity contribution in [2.24, 2.45) is 0 Å². The van der Waals surface area contributed by atoms with Crippen LogP contribution in [0.2, 0.25) is 10.0 Å². The van der Waals surface area contributed by atoms with E-state index < -0.39 is 18.0 Å². The third-order valence-corrected chi connectivity index (χ3v) is 6.79. The van der Waals surface area contributed by atoms with E-state index in [4.69, 9.17) is 27.9 Å². The average molecular weight is 520 g/mol. The number of carbonyl (C=O) groups is 2. The SMILES string of the molecule is Cc1cc(NC(=O)C(OC(=O)c2ccccc2Cl)c2ccc(Cl)cc2)c2c(C)ccc(C(C)C)cc1-2. The monoisotopic (exact) mass is 519 g/mol. The van der Waals surface area contributed by atoms with Crippen LogP contribution in [0, 0.1) is 13.8 Å². The number of hydrogen-bond donors (Lipinski definition) is 1. The minimum atomic E-state index is -1.21. The third-order valence-electron chi connectivity index (χ3n) is 6.21. The molecule has 2 aromatic carbocycles. The van der Waals surface area contributed by atoms with Crippen molar-refractivity contribution in [3.05, 3.63) is 111 Å². The van der Waals surface area contributed by atoms with Gasteiger partial charge < -0.3 is 10.1 Å². The van der Waals surface area contributed by atoms with Gasteiger partial charge in [-0.2, -0.15) is 0 Å². The second-order valence-corrected chi connectivity index (χ2v) is 9.99. The predicted octanol–water partition coefficient (Wildman–Crippen LogP) is 8.38. The van der Waals surface area contributed by atoms with Gasteiger partial charge in [-0.15, -0.1) is 0 Å². The van der Waals surface area contributed by atoms with Crippen molar-refractivity contribution in [2.75, 3.05) is 5.32 Å². The maximum absolute atomic E-state index is 13.6. The Hall–Kier alpha value is -3.34. The van der Waals surface area contributed by atoms with E-state index in [2.05, 4.69) is 37.4 Å². The van der Waals surface area contributed by atoms with Gasteiger partial charge >= 0.3 is 5.97 Å². The zero-order valence-electron chi connectivity index (χ0n) is 20.6. The summed E-state index contributed by atoms with van der Waals surface area (Å²) in [5.74, 6) is -0.797. The Labute approximate surface area is 221 Å². The van der Waals surface area contributed by atoms with E-state index in [1.54, 1.807) is 48.5 Å². The first-order valence-electron chi connectivity index (χ1n) is 11.7. The molecule has 1 atom stereocenters. The van der Waals surface area contributed by atoms with E-state index in [1.807, 2.05) is 19.9 Å². The minimum absolute atomic E-state index is 0.185. The normalized spacial score (nSPS) is 12.0. The molecule has 4 nitrogen and oxygen atoms in total. The van der Waals surface area contributed by atoms with Crippen LogP contribution >= 0.6 is 23.2 Å². The number of rotatable bonds is 6. The molecule has 0 saturated heterocycles. The van der Waals surface area contributed by atoms with Gasteiger partial charge in [0.15, 0.2) is 0 Å². The van der Waals surface area contributed by atoms with Crippen LogP contribution in [0.4, 0.5) is 5.69 Å². The molecule has 1 unspecified atom stereocenters. The molecule has 0 fully saturated rings. The number of fused-ring (bicyclic) bond motifs is 1. The van der Waals surface area contributed by atoms with Gasteiger partial charge in [0, 0.05) is 21.8 Å². The van der Waals surface area contributed by atoms with Crippen LogP contribution < -0.4 is 5.32 Å². The maximum atomic E-state index is 13.6. The number of halogens is 2. The lowest BCUT2D eigenvalue weighted by atomic mass is 10.0. The van der Waals surface area contributed by atoms with E-state index >= 15 is 0 Å². The number of hydrogen-bond acceptors (Lipinski definition) is 3. The zero-order valence-corrected chi connectivity index (χ0v) is 22.1. The van der Waals surface area contributed by atoms with Crippen molar-refractivity contribution in [3.63, 3.8) is 0 Å². The standard InChI is InChI=1S/C30H27Cl2NO3/c1-17(2)21-10-9-18(3)27-24(16-21)19(4)15-26(27)33-29(34)28(20-11-13-22(31)14-12-20)36-30(35)23-7-5-6-8-25(23)32/h5-17,28H,1-4H3,(H,33,34). The molecule has 2 aliphatic rings. The number of amides is 1. The van der Waals surface area contributed by atoms with E-state index in [0.29, 0.717) is 22.2 Å². The number of ether oxygens (including phenoxy) is 1. The molecule has 0 radical (unpaired) electrons. The molecule has 0 aliphatic heterocycles. The van der Waals surface area contributed by atoms with E-state index in [9.17, 15) is 9.59 Å². The van der Waals surface area contributed by atoms with Gasteiger partial charge in [0.05, 0.1) is 10.6 Å². The van der Waals surface area contributed by atoms with Crippen LogP contribution in [-0.2, 0) is 9.53 Å². The lowest BCUT2D eigenvalue weighted by Crippen LogP contribution is -2.26. The Morgan fingerprint density at radius 3 is 2.17 bits per heavy atom. The summed E-state index contributed by atoms with van der Waals surface area (Å²) in [6.07, 6.45) is -1.21. The summed E-state index contributed by atoms with van der Waals surface area (Å²) in [6, 6.07) is 21.5. The highest BCUT2D eigenvalue weighted by Crippen LogP contribution is 2.40. The first kappa shape index (κ1) is 25.7. The number of esters is 1. The van der Waals surface area contributed by atoms with Crippen LogP contribution in [0.3, 0.4) is 0 Å². The number of benzene rings is 2. The van der Waals surface area contributed by atoms with E-state index in [0.717, 1.165) is 22.3 Å². The molecular formula is C30H27Cl2NO3. The molecule has 2 aliphatic carbocycles. The van der Waals surface area contributed by atoms with Crippen LogP contribution in [0.5, 0.6) is 0 Å². The Kier molecular flexibility index (Phi) is 7.67. The molecule has 0 saturated carbocycles. The fourth-order valence-electron chi connectivity index (χ4n) is 4.20. The van der Waals surface area contributed by atoms with Crippen LogP contribution in [-0.4, -0.2) is 11.9 Å². The second kappa shape index (κ2) is 10.7. The lowest BCUT2D eigenvalue weighted by Gasteiger charge is -2.19. The lowest BCUT2D eigenvalue weighted by molar-refractivity contribution is -0.125. The molecule has 0 bridgehead atoms. The van der Waals surface area contributed by atoms with Crippen LogP contribution in [0.15, 0.2) is 72.8 Å². The minimum Gasteiger partial charge on any atom is -0.444 e. The molecule has 4 rings (SSSR count). The van der Waals surface area contributed by atoms with Crippen molar-refractivity contribution < 1.29 is 14.3 Å². The second-order valence-electron chi connectivity index (χ2n) is 9.15. The topological polar surface area (TPSA) is 55.4 Å². The summed E-state index contributed by atoms with van der Waals surface area (Å²) in [6.45, 7) is 8.36. The number of anilines is 1. The van der Waals surface area contributed by atoms with Crippen molar-refractivity contribution in [1.29, 1.82) is 0 Å². The first-order valence-corrected chi connectivity index (χ1v) is 12.5. The largest absolute Gasteiger partial charge is 0.444 e. The summed E-state index contributed by atoms with van der Waals surface area (Å²) < 4.78 is 5.72. The van der Waals surface area contributed by atoms with Gasteiger partial charge in [-0.05, 0) is 72.4 Å². The van der Waals surface area contributed by atoms with Gasteiger partial charge in [0.25, 0.3) is 5.91 Å². The number of nitrogens with one attached hydrogen (secondary N) is 1. The fraction of sp³-hybridized carbons (Fsp3) is 0.200. The van der Waals surface area contributed by atoms with Gasteiger partial charge in [0.2, 0.25) is 6.10 Å². The van der Waals surface area contributed by atoms with Crippen molar-refractivity contribution in [1.82, 2.24) is 0 Å². The van der Waals surface area contributed by atoms with Gasteiger partial charge in [-0.3, -0.25) is 4.79 Å². The summed E-state index contributed by atoms with van der Waals surface area (Å²) in [4.78, 5) is 26.6. The molecule has 36 heavy (non-hydrogen) atoms. The highest BCUT2D eigenvalue weighted by atomic mass is 35.5.